The van der Waals surface area contributed by atoms with Crippen LogP contribution in [-0.2, 0) is 6.42 Å². The zero-order chi connectivity index (χ0) is 15.0. The van der Waals surface area contributed by atoms with Crippen LogP contribution in [0.2, 0.25) is 5.02 Å². The highest BCUT2D eigenvalue weighted by Crippen LogP contribution is 2.27. The van der Waals surface area contributed by atoms with Gasteiger partial charge in [-0.3, -0.25) is 4.68 Å². The van der Waals surface area contributed by atoms with E-state index in [0.717, 1.165) is 28.6 Å². The molecular formula is C14H15ClN4OS. The van der Waals surface area contributed by atoms with Crippen LogP contribution in [0.25, 0.3) is 11.5 Å². The summed E-state index contributed by atoms with van der Waals surface area (Å²) in [5.41, 5.74) is 1.72. The summed E-state index contributed by atoms with van der Waals surface area (Å²) in [4.78, 5) is 8.91. The molecule has 3 rings (SSSR count). The maximum atomic E-state index is 5.90. The van der Waals surface area contributed by atoms with E-state index in [1.54, 1.807) is 17.5 Å². The quantitative estimate of drug-likeness (QED) is 0.726. The molecule has 1 atom stereocenters. The van der Waals surface area contributed by atoms with Gasteiger partial charge in [-0.1, -0.05) is 11.6 Å². The summed E-state index contributed by atoms with van der Waals surface area (Å²) in [6, 6.07) is 0.203. The van der Waals surface area contributed by atoms with Crippen molar-refractivity contribution in [2.75, 3.05) is 0 Å². The third-order valence-corrected chi connectivity index (χ3v) is 4.25. The summed E-state index contributed by atoms with van der Waals surface area (Å²) in [5, 5.41) is 7.92. The lowest BCUT2D eigenvalue weighted by molar-refractivity contribution is 0.487. The molecule has 0 aromatic carbocycles. The molecule has 7 heteroatoms. The zero-order valence-electron chi connectivity index (χ0n) is 12.0. The van der Waals surface area contributed by atoms with E-state index >= 15 is 0 Å². The van der Waals surface area contributed by atoms with E-state index in [9.17, 15) is 0 Å². The fraction of sp³-hybridized carbons (Fsp3) is 0.357. The van der Waals surface area contributed by atoms with Crippen LogP contribution in [0.3, 0.4) is 0 Å². The standard InChI is InChI=1S/C14H15ClN4OS/c1-8(19-6-11(15)5-16-19)4-13-18-12(7-21-13)14-9(2)17-10(3)20-14/h5-8H,4H2,1-3H3. The molecule has 3 heterocycles. The van der Waals surface area contributed by atoms with Gasteiger partial charge in [-0.15, -0.1) is 11.3 Å². The topological polar surface area (TPSA) is 56.7 Å². The summed E-state index contributed by atoms with van der Waals surface area (Å²) in [6.07, 6.45) is 4.27. The van der Waals surface area contributed by atoms with Gasteiger partial charge in [-0.25, -0.2) is 9.97 Å². The molecule has 0 N–H and O–H groups in total. The second-order valence-electron chi connectivity index (χ2n) is 4.97. The molecule has 0 spiro atoms. The number of rotatable bonds is 4. The number of hydrogen-bond donors (Lipinski definition) is 0. The third-order valence-electron chi connectivity index (χ3n) is 3.18. The fourth-order valence-electron chi connectivity index (χ4n) is 2.18. The second kappa shape index (κ2) is 5.61. The van der Waals surface area contributed by atoms with E-state index < -0.39 is 0 Å². The summed E-state index contributed by atoms with van der Waals surface area (Å²) in [6.45, 7) is 5.86. The summed E-state index contributed by atoms with van der Waals surface area (Å²) in [5.74, 6) is 1.42. The van der Waals surface area contributed by atoms with Crippen molar-refractivity contribution in [2.45, 2.75) is 33.2 Å². The van der Waals surface area contributed by atoms with Gasteiger partial charge in [0, 0.05) is 24.9 Å². The Hall–Kier alpha value is -1.66. The molecule has 0 saturated carbocycles. The second-order valence-corrected chi connectivity index (χ2v) is 6.34. The third kappa shape index (κ3) is 3.01. The smallest absolute Gasteiger partial charge is 0.192 e. The van der Waals surface area contributed by atoms with Gasteiger partial charge in [-0.05, 0) is 13.8 Å². The number of aromatic nitrogens is 4. The molecule has 1 unspecified atom stereocenters. The van der Waals surface area contributed by atoms with Crippen molar-refractivity contribution >= 4 is 22.9 Å². The number of halogens is 1. The van der Waals surface area contributed by atoms with Gasteiger partial charge in [-0.2, -0.15) is 5.10 Å². The van der Waals surface area contributed by atoms with Gasteiger partial charge in [0.1, 0.15) is 5.69 Å². The molecule has 0 saturated heterocycles. The minimum atomic E-state index is 0.203. The Labute approximate surface area is 131 Å². The Morgan fingerprint density at radius 2 is 2.19 bits per heavy atom. The summed E-state index contributed by atoms with van der Waals surface area (Å²) in [7, 11) is 0. The number of thiazole rings is 1. The van der Waals surface area contributed by atoms with E-state index in [0.29, 0.717) is 10.9 Å². The highest BCUT2D eigenvalue weighted by atomic mass is 35.5. The molecule has 110 valence electrons. The van der Waals surface area contributed by atoms with Crippen molar-refractivity contribution in [1.82, 2.24) is 19.7 Å². The SMILES string of the molecule is Cc1nc(C)c(-c2csc(CC(C)n3cc(Cl)cn3)n2)o1. The predicted octanol–water partition coefficient (Wildman–Crippen LogP) is 4.07. The van der Waals surface area contributed by atoms with Gasteiger partial charge in [0.15, 0.2) is 11.7 Å². The first-order valence-electron chi connectivity index (χ1n) is 6.61. The molecule has 3 aromatic heterocycles. The number of nitrogens with zero attached hydrogens (tertiary/aromatic N) is 4. The van der Waals surface area contributed by atoms with Crippen LogP contribution >= 0.6 is 22.9 Å². The van der Waals surface area contributed by atoms with Crippen LogP contribution in [0.4, 0.5) is 0 Å². The van der Waals surface area contributed by atoms with Gasteiger partial charge in [0.25, 0.3) is 0 Å². The Bertz CT molecular complexity index is 761. The van der Waals surface area contributed by atoms with Crippen molar-refractivity contribution in [3.63, 3.8) is 0 Å². The molecule has 5 nitrogen and oxygen atoms in total. The average Bonchev–Trinajstić information content (AvgIpc) is 3.10. The van der Waals surface area contributed by atoms with E-state index in [1.165, 1.54) is 0 Å². The lowest BCUT2D eigenvalue weighted by Gasteiger charge is -2.09. The Morgan fingerprint density at radius 3 is 2.81 bits per heavy atom. The average molecular weight is 323 g/mol. The van der Waals surface area contributed by atoms with Crippen molar-refractivity contribution in [3.8, 4) is 11.5 Å². The monoisotopic (exact) mass is 322 g/mol. The highest BCUT2D eigenvalue weighted by Gasteiger charge is 2.15. The van der Waals surface area contributed by atoms with Gasteiger partial charge in [0.05, 0.1) is 28.0 Å². The van der Waals surface area contributed by atoms with Gasteiger partial charge < -0.3 is 4.42 Å². The predicted molar refractivity (Wildman–Crippen MR) is 82.7 cm³/mol. The van der Waals surface area contributed by atoms with Crippen molar-refractivity contribution in [1.29, 1.82) is 0 Å². The van der Waals surface area contributed by atoms with Gasteiger partial charge >= 0.3 is 0 Å². The lowest BCUT2D eigenvalue weighted by atomic mass is 10.2. The van der Waals surface area contributed by atoms with E-state index in [4.69, 9.17) is 16.0 Å². The summed E-state index contributed by atoms with van der Waals surface area (Å²) < 4.78 is 7.46. The highest BCUT2D eigenvalue weighted by molar-refractivity contribution is 7.09. The molecule has 0 fully saturated rings. The van der Waals surface area contributed by atoms with Crippen LogP contribution in [0, 0.1) is 13.8 Å². The normalized spacial score (nSPS) is 12.8. The first-order valence-corrected chi connectivity index (χ1v) is 7.87. The van der Waals surface area contributed by atoms with Crippen molar-refractivity contribution in [3.05, 3.63) is 39.4 Å². The Balaban J connectivity index is 1.77. The Morgan fingerprint density at radius 1 is 1.38 bits per heavy atom. The lowest BCUT2D eigenvalue weighted by Crippen LogP contribution is -2.08. The zero-order valence-corrected chi connectivity index (χ0v) is 13.6. The molecule has 0 bridgehead atoms. The number of hydrogen-bond acceptors (Lipinski definition) is 5. The first kappa shape index (κ1) is 14.3. The molecule has 0 amide bonds. The van der Waals surface area contributed by atoms with E-state index in [-0.39, 0.29) is 6.04 Å². The fourth-order valence-corrected chi connectivity index (χ4v) is 3.22. The molecule has 0 radical (unpaired) electrons. The number of oxazole rings is 1. The van der Waals surface area contributed by atoms with Crippen LogP contribution in [-0.4, -0.2) is 19.7 Å². The van der Waals surface area contributed by atoms with Crippen LogP contribution < -0.4 is 0 Å². The molecule has 0 aliphatic rings. The van der Waals surface area contributed by atoms with E-state index in [2.05, 4.69) is 22.0 Å². The molecule has 0 aliphatic carbocycles. The summed E-state index contributed by atoms with van der Waals surface area (Å²) >= 11 is 7.51. The minimum Gasteiger partial charge on any atom is -0.439 e. The van der Waals surface area contributed by atoms with Crippen molar-refractivity contribution < 1.29 is 4.42 Å². The Kier molecular flexibility index (Phi) is 3.82. The van der Waals surface area contributed by atoms with Crippen molar-refractivity contribution in [2.24, 2.45) is 0 Å². The molecule has 3 aromatic rings. The van der Waals surface area contributed by atoms with Crippen LogP contribution in [0.1, 0.15) is 29.6 Å². The van der Waals surface area contributed by atoms with E-state index in [1.807, 2.05) is 30.1 Å². The largest absolute Gasteiger partial charge is 0.439 e. The van der Waals surface area contributed by atoms with Crippen LogP contribution in [0.5, 0.6) is 0 Å². The van der Waals surface area contributed by atoms with Crippen LogP contribution in [0.15, 0.2) is 22.2 Å². The molecular weight excluding hydrogens is 308 g/mol. The number of aryl methyl sites for hydroxylation is 2. The van der Waals surface area contributed by atoms with Gasteiger partial charge in [0.2, 0.25) is 0 Å². The maximum Gasteiger partial charge on any atom is 0.192 e. The first-order chi connectivity index (χ1) is 10.0. The minimum absolute atomic E-state index is 0.203. The molecule has 21 heavy (non-hydrogen) atoms. The molecule has 0 aliphatic heterocycles. The maximum absolute atomic E-state index is 5.90.